The van der Waals surface area contributed by atoms with E-state index in [1.54, 1.807) is 31.3 Å². The summed E-state index contributed by atoms with van der Waals surface area (Å²) in [4.78, 5) is 44.2. The molecule has 2 heterocycles. The van der Waals surface area contributed by atoms with Crippen LogP contribution in [0, 0.1) is 5.92 Å². The molecule has 1 fully saturated rings. The van der Waals surface area contributed by atoms with Gasteiger partial charge in [-0.05, 0) is 37.8 Å². The second-order valence-electron chi connectivity index (χ2n) is 7.27. The van der Waals surface area contributed by atoms with Crippen LogP contribution >= 0.6 is 0 Å². The molecule has 1 aromatic rings. The zero-order chi connectivity index (χ0) is 20.8. The van der Waals surface area contributed by atoms with Crippen LogP contribution in [0.5, 0.6) is 0 Å². The van der Waals surface area contributed by atoms with Gasteiger partial charge in [0.1, 0.15) is 0 Å². The minimum atomic E-state index is -0.206. The van der Waals surface area contributed by atoms with Gasteiger partial charge in [0.25, 0.3) is 11.8 Å². The number of piperidine rings is 1. The monoisotopic (exact) mass is 400 g/mol. The largest absolute Gasteiger partial charge is 0.469 e. The van der Waals surface area contributed by atoms with Crippen LogP contribution in [0.25, 0.3) is 0 Å². The third-order valence-electron chi connectivity index (χ3n) is 5.51. The number of nitrogens with zero attached hydrogens (tertiary/aromatic N) is 3. The summed E-state index contributed by atoms with van der Waals surface area (Å²) in [7, 11) is 3.17. The van der Waals surface area contributed by atoms with Gasteiger partial charge in [-0.1, -0.05) is 12.1 Å². The van der Waals surface area contributed by atoms with Gasteiger partial charge in [-0.25, -0.2) is 0 Å². The van der Waals surface area contributed by atoms with E-state index in [1.165, 1.54) is 12.0 Å². The molecule has 1 aromatic carbocycles. The molecule has 2 aliphatic rings. The van der Waals surface area contributed by atoms with Gasteiger partial charge in [0.2, 0.25) is 0 Å². The predicted molar refractivity (Wildman–Crippen MR) is 109 cm³/mol. The quantitative estimate of drug-likeness (QED) is 0.256. The SMILES string of the molecule is CN=C(NCCCCN1C(=O)c2ccccc2C1=O)N1CCC(C(=O)OC)CC1. The van der Waals surface area contributed by atoms with E-state index in [4.69, 9.17) is 4.74 Å². The number of fused-ring (bicyclic) bond motifs is 1. The molecule has 0 radical (unpaired) electrons. The van der Waals surface area contributed by atoms with Gasteiger partial charge in [0.05, 0.1) is 24.2 Å². The average Bonchev–Trinajstić information content (AvgIpc) is 3.01. The first-order valence-corrected chi connectivity index (χ1v) is 10.1. The third-order valence-corrected chi connectivity index (χ3v) is 5.51. The number of esters is 1. The number of ether oxygens (including phenoxy) is 1. The number of amides is 2. The van der Waals surface area contributed by atoms with Crippen LogP contribution in [0.1, 0.15) is 46.4 Å². The molecule has 2 aliphatic heterocycles. The maximum Gasteiger partial charge on any atom is 0.308 e. The second kappa shape index (κ2) is 9.54. The number of aliphatic imine (C=N–C) groups is 1. The van der Waals surface area contributed by atoms with E-state index in [9.17, 15) is 14.4 Å². The van der Waals surface area contributed by atoms with E-state index >= 15 is 0 Å². The Bertz CT molecular complexity index is 765. The summed E-state index contributed by atoms with van der Waals surface area (Å²) in [5.74, 6) is 0.231. The van der Waals surface area contributed by atoms with Gasteiger partial charge in [-0.2, -0.15) is 0 Å². The van der Waals surface area contributed by atoms with Gasteiger partial charge in [0.15, 0.2) is 5.96 Å². The summed E-state index contributed by atoms with van der Waals surface area (Å²) in [6, 6.07) is 6.95. The summed E-state index contributed by atoms with van der Waals surface area (Å²) in [5.41, 5.74) is 0.984. The van der Waals surface area contributed by atoms with E-state index in [-0.39, 0.29) is 23.7 Å². The summed E-state index contributed by atoms with van der Waals surface area (Å²) in [6.07, 6.45) is 3.05. The maximum atomic E-state index is 12.4. The lowest BCUT2D eigenvalue weighted by molar-refractivity contribution is -0.146. The number of nitrogens with one attached hydrogen (secondary N) is 1. The highest BCUT2D eigenvalue weighted by Crippen LogP contribution is 2.22. The van der Waals surface area contributed by atoms with Crippen LogP contribution < -0.4 is 5.32 Å². The standard InChI is InChI=1S/C21H28N4O4/c1-22-21(24-13-9-15(10-14-24)20(28)29-2)23-11-5-6-12-25-18(26)16-7-3-4-8-17(16)19(25)27/h3-4,7-8,15H,5-6,9-14H2,1-2H3,(H,22,23). The molecule has 0 bridgehead atoms. The summed E-state index contributed by atoms with van der Waals surface area (Å²) < 4.78 is 4.83. The predicted octanol–water partition coefficient (Wildman–Crippen LogP) is 1.52. The molecule has 3 rings (SSSR count). The Morgan fingerprint density at radius 3 is 2.31 bits per heavy atom. The van der Waals surface area contributed by atoms with Crippen LogP contribution in [0.3, 0.4) is 0 Å². The summed E-state index contributed by atoms with van der Waals surface area (Å²) >= 11 is 0. The van der Waals surface area contributed by atoms with Crippen molar-refractivity contribution in [2.75, 3.05) is 40.3 Å². The highest BCUT2D eigenvalue weighted by molar-refractivity contribution is 6.21. The zero-order valence-electron chi connectivity index (χ0n) is 17.0. The van der Waals surface area contributed by atoms with Crippen LogP contribution in [0.2, 0.25) is 0 Å². The topological polar surface area (TPSA) is 91.3 Å². The molecule has 8 nitrogen and oxygen atoms in total. The molecule has 0 saturated carbocycles. The first kappa shape index (κ1) is 20.8. The molecule has 0 aromatic heterocycles. The van der Waals surface area contributed by atoms with Gasteiger partial charge in [-0.15, -0.1) is 0 Å². The first-order chi connectivity index (χ1) is 14.1. The molecule has 29 heavy (non-hydrogen) atoms. The van der Waals surface area contributed by atoms with Crippen molar-refractivity contribution in [2.24, 2.45) is 10.9 Å². The number of hydrogen-bond acceptors (Lipinski definition) is 5. The first-order valence-electron chi connectivity index (χ1n) is 10.1. The number of imide groups is 1. The molecule has 8 heteroatoms. The molecule has 0 spiro atoms. The molecule has 2 amide bonds. The molecule has 1 saturated heterocycles. The fourth-order valence-electron chi connectivity index (χ4n) is 3.86. The Morgan fingerprint density at radius 2 is 1.76 bits per heavy atom. The van der Waals surface area contributed by atoms with Crippen LogP contribution in [-0.4, -0.2) is 73.9 Å². The van der Waals surface area contributed by atoms with Crippen molar-refractivity contribution in [1.82, 2.24) is 15.1 Å². The van der Waals surface area contributed by atoms with Crippen molar-refractivity contribution >= 4 is 23.7 Å². The Hall–Kier alpha value is -2.90. The Morgan fingerprint density at radius 1 is 1.14 bits per heavy atom. The smallest absolute Gasteiger partial charge is 0.308 e. The average molecular weight is 400 g/mol. The highest BCUT2D eigenvalue weighted by Gasteiger charge is 2.34. The summed E-state index contributed by atoms with van der Waals surface area (Å²) in [5, 5.41) is 3.33. The minimum absolute atomic E-state index is 0.0333. The van der Waals surface area contributed by atoms with E-state index in [1.807, 2.05) is 0 Å². The minimum Gasteiger partial charge on any atom is -0.469 e. The normalized spacial score (nSPS) is 17.5. The van der Waals surface area contributed by atoms with Gasteiger partial charge in [0, 0.05) is 33.2 Å². The van der Waals surface area contributed by atoms with Crippen LogP contribution in [0.4, 0.5) is 0 Å². The van der Waals surface area contributed by atoms with Crippen molar-refractivity contribution in [1.29, 1.82) is 0 Å². The van der Waals surface area contributed by atoms with Crippen molar-refractivity contribution in [3.8, 4) is 0 Å². The lowest BCUT2D eigenvalue weighted by Gasteiger charge is -2.33. The lowest BCUT2D eigenvalue weighted by atomic mass is 9.97. The zero-order valence-corrected chi connectivity index (χ0v) is 17.0. The number of unbranched alkanes of at least 4 members (excludes halogenated alkanes) is 1. The van der Waals surface area contributed by atoms with E-state index < -0.39 is 0 Å². The number of methoxy groups -OCH3 is 1. The Balaban J connectivity index is 1.39. The Kier molecular flexibility index (Phi) is 6.85. The van der Waals surface area contributed by atoms with E-state index in [0.717, 1.165) is 44.7 Å². The number of carbonyl (C=O) groups excluding carboxylic acids is 3. The molecular formula is C21H28N4O4. The van der Waals surface area contributed by atoms with Crippen molar-refractivity contribution in [3.63, 3.8) is 0 Å². The number of guanidine groups is 1. The number of benzene rings is 1. The molecule has 0 unspecified atom stereocenters. The number of likely N-dealkylation sites (tertiary alicyclic amines) is 1. The lowest BCUT2D eigenvalue weighted by Crippen LogP contribution is -2.46. The number of rotatable bonds is 6. The van der Waals surface area contributed by atoms with Crippen molar-refractivity contribution < 1.29 is 19.1 Å². The highest BCUT2D eigenvalue weighted by atomic mass is 16.5. The van der Waals surface area contributed by atoms with E-state index in [0.29, 0.717) is 24.2 Å². The Labute approximate surface area is 170 Å². The van der Waals surface area contributed by atoms with Crippen molar-refractivity contribution in [2.45, 2.75) is 25.7 Å². The van der Waals surface area contributed by atoms with Crippen molar-refractivity contribution in [3.05, 3.63) is 35.4 Å². The molecule has 1 N–H and O–H groups in total. The third kappa shape index (κ3) is 4.58. The fourth-order valence-corrected chi connectivity index (χ4v) is 3.86. The fraction of sp³-hybridized carbons (Fsp3) is 0.524. The molecular weight excluding hydrogens is 372 g/mol. The molecule has 0 atom stereocenters. The number of carbonyl (C=O) groups is 3. The van der Waals surface area contributed by atoms with E-state index in [2.05, 4.69) is 15.2 Å². The molecule has 156 valence electrons. The molecule has 0 aliphatic carbocycles. The number of hydrogen-bond donors (Lipinski definition) is 1. The summed E-state index contributed by atoms with van der Waals surface area (Å²) in [6.45, 7) is 2.63. The van der Waals surface area contributed by atoms with Gasteiger partial charge >= 0.3 is 5.97 Å². The van der Waals surface area contributed by atoms with Crippen LogP contribution in [0.15, 0.2) is 29.3 Å². The van der Waals surface area contributed by atoms with Crippen LogP contribution in [-0.2, 0) is 9.53 Å². The van der Waals surface area contributed by atoms with Gasteiger partial charge < -0.3 is 15.0 Å². The second-order valence-corrected chi connectivity index (χ2v) is 7.27. The van der Waals surface area contributed by atoms with Gasteiger partial charge in [-0.3, -0.25) is 24.3 Å². The maximum absolute atomic E-state index is 12.4.